The largest absolute Gasteiger partial charge is 0.490 e. The fraction of sp³-hybridized carbons (Fsp3) is 0.391. The van der Waals surface area contributed by atoms with Crippen LogP contribution in [0.1, 0.15) is 55.2 Å². The van der Waals surface area contributed by atoms with Gasteiger partial charge in [0.2, 0.25) is 0 Å². The highest BCUT2D eigenvalue weighted by atomic mass is 19.1. The number of fused-ring (bicyclic) bond motifs is 1. The van der Waals surface area contributed by atoms with E-state index in [9.17, 15) is 18.7 Å². The third-order valence-electron chi connectivity index (χ3n) is 5.52. The lowest BCUT2D eigenvalue weighted by molar-refractivity contribution is 0.0694. The van der Waals surface area contributed by atoms with Crippen LogP contribution >= 0.6 is 0 Å². The average Bonchev–Trinajstić information content (AvgIpc) is 3.08. The molecular formula is C23H25F2N3O3. The van der Waals surface area contributed by atoms with E-state index in [1.807, 2.05) is 0 Å². The molecule has 164 valence electrons. The van der Waals surface area contributed by atoms with Gasteiger partial charge in [0.25, 0.3) is 5.91 Å². The fourth-order valence-electron chi connectivity index (χ4n) is 3.93. The molecular weight excluding hydrogens is 404 g/mol. The number of ether oxygens (including phenoxy) is 1. The first-order chi connectivity index (χ1) is 14.7. The Bertz CT molecular complexity index is 1110. The molecule has 6 nitrogen and oxygen atoms in total. The lowest BCUT2D eigenvalue weighted by Crippen LogP contribution is -2.49. The van der Waals surface area contributed by atoms with Crippen molar-refractivity contribution in [2.24, 2.45) is 0 Å². The van der Waals surface area contributed by atoms with E-state index in [0.29, 0.717) is 29.7 Å². The molecule has 4 rings (SSSR count). The first-order valence-corrected chi connectivity index (χ1v) is 10.2. The maximum absolute atomic E-state index is 14.4. The molecule has 31 heavy (non-hydrogen) atoms. The predicted molar refractivity (Wildman–Crippen MR) is 111 cm³/mol. The summed E-state index contributed by atoms with van der Waals surface area (Å²) in [7, 11) is 0. The van der Waals surface area contributed by atoms with Crippen molar-refractivity contribution in [3.63, 3.8) is 0 Å². The quantitative estimate of drug-likeness (QED) is 0.648. The molecule has 8 heteroatoms. The van der Waals surface area contributed by atoms with Gasteiger partial charge in [-0.3, -0.25) is 9.20 Å². The number of halogens is 2. The second kappa shape index (κ2) is 7.92. The lowest BCUT2D eigenvalue weighted by Gasteiger charge is -2.36. The molecule has 1 amide bonds. The van der Waals surface area contributed by atoms with E-state index in [4.69, 9.17) is 4.74 Å². The van der Waals surface area contributed by atoms with Gasteiger partial charge in [-0.05, 0) is 11.5 Å². The molecule has 2 aromatic heterocycles. The predicted octanol–water partition coefficient (Wildman–Crippen LogP) is 3.74. The molecule has 0 saturated heterocycles. The Hall–Kier alpha value is -3.00. The van der Waals surface area contributed by atoms with Gasteiger partial charge in [0.15, 0.2) is 0 Å². The Morgan fingerprint density at radius 1 is 1.29 bits per heavy atom. The van der Waals surface area contributed by atoms with Crippen molar-refractivity contribution in [3.8, 4) is 5.75 Å². The molecule has 0 aliphatic heterocycles. The number of benzene rings is 1. The number of aliphatic hydroxyl groups excluding tert-OH is 1. The Morgan fingerprint density at radius 3 is 2.58 bits per heavy atom. The number of nitrogens with one attached hydrogen (secondary N) is 1. The molecule has 0 atom stereocenters. The maximum atomic E-state index is 14.4. The van der Waals surface area contributed by atoms with Gasteiger partial charge in [-0.15, -0.1) is 0 Å². The molecule has 0 radical (unpaired) electrons. The summed E-state index contributed by atoms with van der Waals surface area (Å²) in [4.78, 5) is 16.9. The zero-order valence-corrected chi connectivity index (χ0v) is 17.7. The van der Waals surface area contributed by atoms with E-state index < -0.39 is 17.0 Å². The molecule has 0 spiro atoms. The molecule has 1 saturated carbocycles. The van der Waals surface area contributed by atoms with Crippen LogP contribution in [0, 0.1) is 11.6 Å². The molecule has 1 aromatic carbocycles. The van der Waals surface area contributed by atoms with Gasteiger partial charge in [0.1, 0.15) is 34.8 Å². The highest BCUT2D eigenvalue weighted by molar-refractivity contribution is 5.93. The van der Waals surface area contributed by atoms with Crippen LogP contribution < -0.4 is 10.1 Å². The second-order valence-corrected chi connectivity index (χ2v) is 8.92. The third-order valence-corrected chi connectivity index (χ3v) is 5.52. The Morgan fingerprint density at radius 2 is 1.97 bits per heavy atom. The van der Waals surface area contributed by atoms with Gasteiger partial charge in [-0.25, -0.2) is 13.8 Å². The maximum Gasteiger partial charge on any atom is 0.270 e. The monoisotopic (exact) mass is 429 g/mol. The van der Waals surface area contributed by atoms with E-state index in [-0.39, 0.29) is 36.0 Å². The molecule has 2 heterocycles. The molecule has 1 aliphatic carbocycles. The van der Waals surface area contributed by atoms with Crippen LogP contribution in [0.15, 0.2) is 36.7 Å². The highest BCUT2D eigenvalue weighted by Crippen LogP contribution is 2.33. The number of imidazole rings is 1. The smallest absolute Gasteiger partial charge is 0.270 e. The summed E-state index contributed by atoms with van der Waals surface area (Å²) in [6, 6.07) is 5.82. The summed E-state index contributed by atoms with van der Waals surface area (Å²) in [6.07, 6.45) is 4.03. The second-order valence-electron chi connectivity index (χ2n) is 8.92. The van der Waals surface area contributed by atoms with Crippen LogP contribution in [0.3, 0.4) is 0 Å². The SMILES string of the molecule is CC(C)(C)c1c(F)cc(O[C@H]2C[C@H](NC(=O)c3cnc4c(CO)cccn34)C2)cc1F. The van der Waals surface area contributed by atoms with Crippen molar-refractivity contribution in [2.45, 2.75) is 57.8 Å². The summed E-state index contributed by atoms with van der Waals surface area (Å²) in [5, 5.41) is 12.3. The van der Waals surface area contributed by atoms with Crippen LogP contribution in [0.5, 0.6) is 5.75 Å². The van der Waals surface area contributed by atoms with Crippen molar-refractivity contribution >= 4 is 11.6 Å². The first kappa shape index (κ1) is 21.2. The summed E-state index contributed by atoms with van der Waals surface area (Å²) >= 11 is 0. The van der Waals surface area contributed by atoms with E-state index >= 15 is 0 Å². The van der Waals surface area contributed by atoms with Gasteiger partial charge in [0, 0.05) is 48.3 Å². The molecule has 0 bridgehead atoms. The number of hydrogen-bond donors (Lipinski definition) is 2. The van der Waals surface area contributed by atoms with Gasteiger partial charge in [0.05, 0.1) is 12.8 Å². The number of pyridine rings is 1. The summed E-state index contributed by atoms with van der Waals surface area (Å²) in [5.74, 6) is -1.38. The van der Waals surface area contributed by atoms with Crippen LogP contribution in [0.25, 0.3) is 5.65 Å². The fourth-order valence-corrected chi connectivity index (χ4v) is 3.93. The van der Waals surface area contributed by atoms with E-state index in [1.165, 1.54) is 18.3 Å². The normalized spacial score (nSPS) is 18.6. The van der Waals surface area contributed by atoms with Crippen LogP contribution in [0.4, 0.5) is 8.78 Å². The lowest BCUT2D eigenvalue weighted by atomic mass is 9.86. The topological polar surface area (TPSA) is 75.9 Å². The van der Waals surface area contributed by atoms with Gasteiger partial charge in [-0.1, -0.05) is 26.8 Å². The number of amides is 1. The standard InChI is InChI=1S/C23H25F2N3O3/c1-23(2,3)20-17(24)9-16(10-18(20)25)31-15-7-14(8-15)27-22(30)19-11-26-21-13(12-29)5-4-6-28(19)21/h4-6,9-11,14-15,29H,7-8,12H2,1-3H3,(H,27,30)/t14-,15-. The van der Waals surface area contributed by atoms with Gasteiger partial charge in [-0.2, -0.15) is 0 Å². The molecule has 1 aliphatic rings. The van der Waals surface area contributed by atoms with E-state index in [2.05, 4.69) is 10.3 Å². The zero-order valence-electron chi connectivity index (χ0n) is 17.7. The Kier molecular flexibility index (Phi) is 5.43. The van der Waals surface area contributed by atoms with Crippen molar-refractivity contribution in [1.29, 1.82) is 0 Å². The number of aromatic nitrogens is 2. The summed E-state index contributed by atoms with van der Waals surface area (Å²) < 4.78 is 36.1. The number of carbonyl (C=O) groups is 1. The number of aliphatic hydroxyl groups is 1. The minimum atomic E-state index is -0.645. The van der Waals surface area contributed by atoms with Gasteiger partial charge >= 0.3 is 0 Å². The highest BCUT2D eigenvalue weighted by Gasteiger charge is 2.33. The zero-order chi connectivity index (χ0) is 22.3. The minimum Gasteiger partial charge on any atom is -0.490 e. The van der Waals surface area contributed by atoms with Crippen molar-refractivity contribution in [2.75, 3.05) is 0 Å². The third kappa shape index (κ3) is 4.12. The van der Waals surface area contributed by atoms with E-state index in [1.54, 1.807) is 43.5 Å². The molecule has 3 aromatic rings. The minimum absolute atomic E-state index is 0.0380. The average molecular weight is 429 g/mol. The summed E-state index contributed by atoms with van der Waals surface area (Å²) in [6.45, 7) is 5.09. The van der Waals surface area contributed by atoms with Gasteiger partial charge < -0.3 is 15.2 Å². The van der Waals surface area contributed by atoms with Crippen molar-refractivity contribution in [1.82, 2.24) is 14.7 Å². The molecule has 1 fully saturated rings. The van der Waals surface area contributed by atoms with E-state index in [0.717, 1.165) is 0 Å². The Labute approximate surface area is 178 Å². The number of carbonyl (C=O) groups excluding carboxylic acids is 1. The number of hydrogen-bond acceptors (Lipinski definition) is 4. The number of nitrogens with zero attached hydrogens (tertiary/aromatic N) is 2. The van der Waals surface area contributed by atoms with Crippen LogP contribution in [-0.2, 0) is 12.0 Å². The molecule has 2 N–H and O–H groups in total. The Balaban J connectivity index is 1.37. The number of rotatable bonds is 5. The first-order valence-electron chi connectivity index (χ1n) is 10.2. The van der Waals surface area contributed by atoms with Crippen LogP contribution in [0.2, 0.25) is 0 Å². The van der Waals surface area contributed by atoms with Crippen LogP contribution in [-0.4, -0.2) is 32.5 Å². The van der Waals surface area contributed by atoms with Crippen molar-refractivity contribution < 1.29 is 23.4 Å². The summed E-state index contributed by atoms with van der Waals surface area (Å²) in [5.41, 5.74) is 0.935. The molecule has 0 unspecified atom stereocenters. The van der Waals surface area contributed by atoms with Crippen molar-refractivity contribution in [3.05, 3.63) is 65.1 Å².